The summed E-state index contributed by atoms with van der Waals surface area (Å²) in [5.41, 5.74) is 2.44. The Hall–Kier alpha value is -3.15. The van der Waals surface area contributed by atoms with Gasteiger partial charge in [-0.1, -0.05) is 18.2 Å². The molecule has 2 aromatic rings. The van der Waals surface area contributed by atoms with E-state index >= 15 is 0 Å². The topological polar surface area (TPSA) is 72.9 Å². The number of carbonyl (C=O) groups is 3. The van der Waals surface area contributed by atoms with Crippen LogP contribution in [0.3, 0.4) is 0 Å². The van der Waals surface area contributed by atoms with Gasteiger partial charge in [-0.15, -0.1) is 0 Å². The first-order chi connectivity index (χ1) is 12.6. The van der Waals surface area contributed by atoms with Gasteiger partial charge >= 0.3 is 5.97 Å². The highest BCUT2D eigenvalue weighted by Gasteiger charge is 2.41. The number of methoxy groups -OCH3 is 1. The van der Waals surface area contributed by atoms with E-state index in [1.165, 1.54) is 12.0 Å². The molecule has 2 heterocycles. The molecule has 0 fully saturated rings. The molecule has 0 bridgehead atoms. The number of nitrogens with zero attached hydrogens (tertiary/aromatic N) is 1. The number of ether oxygens (including phenoxy) is 2. The first-order valence-electron chi connectivity index (χ1n) is 8.39. The highest BCUT2D eigenvalue weighted by Crippen LogP contribution is 2.36. The summed E-state index contributed by atoms with van der Waals surface area (Å²) < 4.78 is 10.3. The maximum absolute atomic E-state index is 12.9. The van der Waals surface area contributed by atoms with Gasteiger partial charge in [-0.2, -0.15) is 0 Å². The van der Waals surface area contributed by atoms with Crippen molar-refractivity contribution in [2.45, 2.75) is 18.9 Å². The lowest BCUT2D eigenvalue weighted by atomic mass is 9.98. The van der Waals surface area contributed by atoms with Gasteiger partial charge < -0.3 is 9.47 Å². The van der Waals surface area contributed by atoms with Crippen LogP contribution in [0.1, 0.15) is 44.3 Å². The summed E-state index contributed by atoms with van der Waals surface area (Å²) in [6.45, 7) is 0.605. The summed E-state index contributed by atoms with van der Waals surface area (Å²) in [6.07, 6.45) is 0.665. The molecule has 0 aliphatic carbocycles. The zero-order valence-corrected chi connectivity index (χ0v) is 14.2. The molecular formula is C20H17NO5. The summed E-state index contributed by atoms with van der Waals surface area (Å²) >= 11 is 0. The molecule has 0 saturated heterocycles. The second-order valence-corrected chi connectivity index (χ2v) is 6.29. The van der Waals surface area contributed by atoms with E-state index in [1.54, 1.807) is 30.3 Å². The van der Waals surface area contributed by atoms with Crippen molar-refractivity contribution in [3.8, 4) is 5.75 Å². The van der Waals surface area contributed by atoms with Crippen molar-refractivity contribution in [1.82, 2.24) is 4.90 Å². The van der Waals surface area contributed by atoms with E-state index in [0.29, 0.717) is 23.3 Å². The van der Waals surface area contributed by atoms with Gasteiger partial charge in [-0.3, -0.25) is 19.3 Å². The van der Waals surface area contributed by atoms with Crippen LogP contribution in [0.25, 0.3) is 0 Å². The van der Waals surface area contributed by atoms with Crippen molar-refractivity contribution in [2.75, 3.05) is 13.7 Å². The molecule has 0 spiro atoms. The summed E-state index contributed by atoms with van der Waals surface area (Å²) in [6, 6.07) is 11.5. The molecule has 2 amide bonds. The molecule has 1 atom stereocenters. The Kier molecular flexibility index (Phi) is 3.95. The first-order valence-corrected chi connectivity index (χ1v) is 8.39. The van der Waals surface area contributed by atoms with E-state index in [0.717, 1.165) is 17.7 Å². The maximum atomic E-state index is 12.9. The highest BCUT2D eigenvalue weighted by atomic mass is 16.5. The van der Waals surface area contributed by atoms with E-state index in [9.17, 15) is 14.4 Å². The third kappa shape index (κ3) is 2.54. The number of amides is 2. The molecule has 2 aliphatic rings. The third-order valence-electron chi connectivity index (χ3n) is 4.82. The van der Waals surface area contributed by atoms with Crippen LogP contribution in [0, 0.1) is 0 Å². The Morgan fingerprint density at radius 1 is 1.15 bits per heavy atom. The SMILES string of the molecule is COC(=O)CC(c1ccc2c(c1)CCO2)N1C(=O)c2ccccc2C1=O. The maximum Gasteiger partial charge on any atom is 0.307 e. The van der Waals surface area contributed by atoms with Crippen LogP contribution in [-0.2, 0) is 16.0 Å². The van der Waals surface area contributed by atoms with Crippen LogP contribution in [0.15, 0.2) is 42.5 Å². The number of hydrogen-bond donors (Lipinski definition) is 0. The van der Waals surface area contributed by atoms with Crippen LogP contribution < -0.4 is 4.74 Å². The van der Waals surface area contributed by atoms with Gasteiger partial charge in [0, 0.05) is 6.42 Å². The monoisotopic (exact) mass is 351 g/mol. The van der Waals surface area contributed by atoms with Crippen molar-refractivity contribution in [2.24, 2.45) is 0 Å². The number of fused-ring (bicyclic) bond motifs is 2. The number of imide groups is 1. The van der Waals surface area contributed by atoms with Gasteiger partial charge in [0.15, 0.2) is 0 Å². The van der Waals surface area contributed by atoms with Gasteiger partial charge in [0.25, 0.3) is 11.8 Å². The minimum Gasteiger partial charge on any atom is -0.493 e. The molecule has 2 aliphatic heterocycles. The lowest BCUT2D eigenvalue weighted by Gasteiger charge is -2.26. The predicted molar refractivity (Wildman–Crippen MR) is 92.0 cm³/mol. The molecule has 0 radical (unpaired) electrons. The summed E-state index contributed by atoms with van der Waals surface area (Å²) in [5, 5.41) is 0. The molecule has 2 aromatic carbocycles. The number of carbonyl (C=O) groups excluding carboxylic acids is 3. The molecule has 132 valence electrons. The molecule has 0 saturated carbocycles. The van der Waals surface area contributed by atoms with E-state index in [1.807, 2.05) is 12.1 Å². The first kappa shape index (κ1) is 16.3. The van der Waals surface area contributed by atoms with Crippen molar-refractivity contribution in [3.63, 3.8) is 0 Å². The lowest BCUT2D eigenvalue weighted by Crippen LogP contribution is -2.35. The largest absolute Gasteiger partial charge is 0.493 e. The highest BCUT2D eigenvalue weighted by molar-refractivity contribution is 6.21. The van der Waals surface area contributed by atoms with Crippen LogP contribution >= 0.6 is 0 Å². The Morgan fingerprint density at radius 3 is 2.50 bits per heavy atom. The van der Waals surface area contributed by atoms with Crippen molar-refractivity contribution in [1.29, 1.82) is 0 Å². The standard InChI is InChI=1S/C20H17NO5/c1-25-18(22)11-16(12-6-7-17-13(10-12)8-9-26-17)21-19(23)14-4-2-3-5-15(14)20(21)24/h2-7,10,16H,8-9,11H2,1H3. The van der Waals surface area contributed by atoms with E-state index < -0.39 is 23.8 Å². The quantitative estimate of drug-likeness (QED) is 0.625. The number of rotatable bonds is 4. The molecule has 0 N–H and O–H groups in total. The Morgan fingerprint density at radius 2 is 1.85 bits per heavy atom. The summed E-state index contributed by atoms with van der Waals surface area (Å²) in [7, 11) is 1.29. The number of hydrogen-bond acceptors (Lipinski definition) is 5. The predicted octanol–water partition coefficient (Wildman–Crippen LogP) is 2.52. The van der Waals surface area contributed by atoms with Gasteiger partial charge in [-0.05, 0) is 35.4 Å². The summed E-state index contributed by atoms with van der Waals surface area (Å²) in [4.78, 5) is 38.8. The second kappa shape index (κ2) is 6.29. The second-order valence-electron chi connectivity index (χ2n) is 6.29. The molecule has 6 heteroatoms. The molecule has 6 nitrogen and oxygen atoms in total. The smallest absolute Gasteiger partial charge is 0.307 e. The number of esters is 1. The van der Waals surface area contributed by atoms with E-state index in [4.69, 9.17) is 9.47 Å². The van der Waals surface area contributed by atoms with Gasteiger partial charge in [0.05, 0.1) is 37.3 Å². The number of benzene rings is 2. The average Bonchev–Trinajstić information content (AvgIpc) is 3.23. The van der Waals surface area contributed by atoms with Gasteiger partial charge in [0.2, 0.25) is 0 Å². The zero-order chi connectivity index (χ0) is 18.3. The minimum absolute atomic E-state index is 0.0956. The van der Waals surface area contributed by atoms with Crippen molar-refractivity contribution < 1.29 is 23.9 Å². The van der Waals surface area contributed by atoms with Crippen molar-refractivity contribution >= 4 is 17.8 Å². The Labute approximate surface area is 150 Å². The molecule has 4 rings (SSSR count). The minimum atomic E-state index is -0.722. The molecule has 0 aromatic heterocycles. The third-order valence-corrected chi connectivity index (χ3v) is 4.82. The van der Waals surface area contributed by atoms with Crippen LogP contribution in [-0.4, -0.2) is 36.4 Å². The Balaban J connectivity index is 1.76. The fraction of sp³-hybridized carbons (Fsp3) is 0.250. The summed E-state index contributed by atoms with van der Waals surface area (Å²) in [5.74, 6) is -0.469. The molecular weight excluding hydrogens is 334 g/mol. The van der Waals surface area contributed by atoms with E-state index in [-0.39, 0.29) is 6.42 Å². The lowest BCUT2D eigenvalue weighted by molar-refractivity contribution is -0.141. The molecule has 26 heavy (non-hydrogen) atoms. The van der Waals surface area contributed by atoms with E-state index in [2.05, 4.69) is 0 Å². The Bertz CT molecular complexity index is 885. The zero-order valence-electron chi connectivity index (χ0n) is 14.2. The van der Waals surface area contributed by atoms with Crippen LogP contribution in [0.4, 0.5) is 0 Å². The van der Waals surface area contributed by atoms with Crippen LogP contribution in [0.2, 0.25) is 0 Å². The average molecular weight is 351 g/mol. The van der Waals surface area contributed by atoms with Gasteiger partial charge in [0.1, 0.15) is 5.75 Å². The molecule has 1 unspecified atom stereocenters. The normalized spacial score (nSPS) is 16.1. The fourth-order valence-electron chi connectivity index (χ4n) is 3.50. The van der Waals surface area contributed by atoms with Crippen molar-refractivity contribution in [3.05, 3.63) is 64.7 Å². The van der Waals surface area contributed by atoms with Crippen LogP contribution in [0.5, 0.6) is 5.75 Å². The fourth-order valence-corrected chi connectivity index (χ4v) is 3.50. The van der Waals surface area contributed by atoms with Gasteiger partial charge in [-0.25, -0.2) is 0 Å².